The van der Waals surface area contributed by atoms with Crippen LogP contribution in [0.2, 0.25) is 0 Å². The number of hydrogen-bond donors (Lipinski definition) is 0. The fourth-order valence-corrected chi connectivity index (χ4v) is 2.02. The molecule has 1 amide bonds. The van der Waals surface area contributed by atoms with Crippen LogP contribution in [0.15, 0.2) is 24.3 Å². The Labute approximate surface area is 121 Å². The summed E-state index contributed by atoms with van der Waals surface area (Å²) in [5, 5.41) is 0. The van der Waals surface area contributed by atoms with Crippen molar-refractivity contribution in [3.8, 4) is 0 Å². The zero-order valence-electron chi connectivity index (χ0n) is 11.4. The van der Waals surface area contributed by atoms with Crippen molar-refractivity contribution in [3.63, 3.8) is 0 Å². The number of amides is 1. The van der Waals surface area contributed by atoms with Crippen molar-refractivity contribution in [1.82, 2.24) is 4.90 Å². The molecule has 0 heterocycles. The highest BCUT2D eigenvalue weighted by Crippen LogP contribution is 2.32. The van der Waals surface area contributed by atoms with E-state index in [4.69, 9.17) is 11.6 Å². The molecule has 0 aliphatic carbocycles. The van der Waals surface area contributed by atoms with E-state index in [-0.39, 0.29) is 11.6 Å². The molecular weight excluding hydrogens is 291 g/mol. The number of halogens is 4. The number of rotatable bonds is 5. The highest BCUT2D eigenvalue weighted by Gasteiger charge is 2.36. The van der Waals surface area contributed by atoms with E-state index in [1.54, 1.807) is 13.8 Å². The number of nitrogens with zero attached hydrogens (tertiary/aromatic N) is 1. The lowest BCUT2D eigenvalue weighted by atomic mass is 10.0. The fraction of sp³-hybridized carbons (Fsp3) is 0.500. The Hall–Kier alpha value is -1.23. The van der Waals surface area contributed by atoms with Gasteiger partial charge in [0, 0.05) is 18.5 Å². The van der Waals surface area contributed by atoms with Crippen LogP contribution in [0, 0.1) is 0 Å². The zero-order chi connectivity index (χ0) is 15.3. The monoisotopic (exact) mass is 307 g/mol. The van der Waals surface area contributed by atoms with Gasteiger partial charge >= 0.3 is 6.18 Å². The minimum atomic E-state index is -4.54. The van der Waals surface area contributed by atoms with Crippen LogP contribution in [-0.2, 0) is 6.18 Å². The molecule has 0 fully saturated rings. The lowest BCUT2D eigenvalue weighted by Crippen LogP contribution is -2.38. The van der Waals surface area contributed by atoms with Gasteiger partial charge in [0.05, 0.1) is 11.1 Å². The van der Waals surface area contributed by atoms with Crippen molar-refractivity contribution in [3.05, 3.63) is 35.4 Å². The third-order valence-corrected chi connectivity index (χ3v) is 3.15. The molecule has 0 saturated heterocycles. The lowest BCUT2D eigenvalue weighted by molar-refractivity contribution is -0.138. The molecule has 6 heteroatoms. The summed E-state index contributed by atoms with van der Waals surface area (Å²) in [6.07, 6.45) is -4.00. The van der Waals surface area contributed by atoms with Crippen molar-refractivity contribution in [2.75, 3.05) is 12.4 Å². The van der Waals surface area contributed by atoms with Crippen LogP contribution in [0.5, 0.6) is 0 Å². The van der Waals surface area contributed by atoms with E-state index < -0.39 is 17.6 Å². The number of carbonyl (C=O) groups excluding carboxylic acids is 1. The molecule has 1 aromatic carbocycles. The Morgan fingerprint density at radius 2 is 1.90 bits per heavy atom. The van der Waals surface area contributed by atoms with Gasteiger partial charge in [0.25, 0.3) is 5.91 Å². The van der Waals surface area contributed by atoms with Gasteiger partial charge in [0.2, 0.25) is 0 Å². The van der Waals surface area contributed by atoms with Crippen LogP contribution in [0.1, 0.15) is 36.2 Å². The highest BCUT2D eigenvalue weighted by atomic mass is 35.5. The van der Waals surface area contributed by atoms with Gasteiger partial charge < -0.3 is 4.90 Å². The quantitative estimate of drug-likeness (QED) is 0.747. The van der Waals surface area contributed by atoms with Crippen molar-refractivity contribution in [2.45, 2.75) is 32.5 Å². The summed E-state index contributed by atoms with van der Waals surface area (Å²) in [4.78, 5) is 13.8. The Kier molecular flexibility index (Phi) is 5.87. The van der Waals surface area contributed by atoms with Crippen molar-refractivity contribution in [2.24, 2.45) is 0 Å². The first-order valence-electron chi connectivity index (χ1n) is 6.32. The molecule has 0 aromatic heterocycles. The van der Waals surface area contributed by atoms with Crippen molar-refractivity contribution in [1.29, 1.82) is 0 Å². The van der Waals surface area contributed by atoms with E-state index in [1.165, 1.54) is 23.1 Å². The first-order chi connectivity index (χ1) is 9.29. The number of carbonyl (C=O) groups is 1. The number of hydrogen-bond acceptors (Lipinski definition) is 1. The normalized spacial score (nSPS) is 11.8. The van der Waals surface area contributed by atoms with Gasteiger partial charge in [0.1, 0.15) is 0 Å². The SMILES string of the molecule is CC(C)N(CCCCl)C(=O)c1ccccc1C(F)(F)F. The summed E-state index contributed by atoms with van der Waals surface area (Å²) < 4.78 is 38.8. The molecule has 2 nitrogen and oxygen atoms in total. The van der Waals surface area contributed by atoms with Gasteiger partial charge in [-0.15, -0.1) is 11.6 Å². The maximum absolute atomic E-state index is 12.9. The molecule has 1 aromatic rings. The molecule has 0 radical (unpaired) electrons. The molecule has 0 N–H and O–H groups in total. The topological polar surface area (TPSA) is 20.3 Å². The molecule has 0 bridgehead atoms. The van der Waals surface area contributed by atoms with Crippen LogP contribution in [0.25, 0.3) is 0 Å². The van der Waals surface area contributed by atoms with Gasteiger partial charge in [-0.25, -0.2) is 0 Å². The molecular formula is C14H17ClF3NO. The summed E-state index contributed by atoms with van der Waals surface area (Å²) in [6.45, 7) is 3.87. The van der Waals surface area contributed by atoms with Crippen molar-refractivity contribution >= 4 is 17.5 Å². The van der Waals surface area contributed by atoms with Gasteiger partial charge in [-0.05, 0) is 32.4 Å². The molecule has 20 heavy (non-hydrogen) atoms. The van der Waals surface area contributed by atoms with E-state index in [1.807, 2.05) is 0 Å². The maximum atomic E-state index is 12.9. The number of alkyl halides is 4. The molecule has 0 unspecified atom stereocenters. The smallest absolute Gasteiger partial charge is 0.336 e. The minimum Gasteiger partial charge on any atom is -0.336 e. The van der Waals surface area contributed by atoms with Crippen molar-refractivity contribution < 1.29 is 18.0 Å². The van der Waals surface area contributed by atoms with Gasteiger partial charge in [-0.2, -0.15) is 13.2 Å². The fourth-order valence-electron chi connectivity index (χ4n) is 1.90. The molecule has 0 saturated carbocycles. The average molecular weight is 308 g/mol. The molecule has 0 aliphatic rings. The predicted molar refractivity (Wildman–Crippen MR) is 73.0 cm³/mol. The standard InChI is InChI=1S/C14H17ClF3NO/c1-10(2)19(9-5-8-15)13(20)11-6-3-4-7-12(11)14(16,17)18/h3-4,6-7,10H,5,8-9H2,1-2H3. The van der Waals surface area contributed by atoms with E-state index in [9.17, 15) is 18.0 Å². The van der Waals surface area contributed by atoms with E-state index >= 15 is 0 Å². The molecule has 0 aliphatic heterocycles. The minimum absolute atomic E-state index is 0.188. The van der Waals surface area contributed by atoms with Crippen LogP contribution >= 0.6 is 11.6 Å². The summed E-state index contributed by atoms with van der Waals surface area (Å²) in [5.41, 5.74) is -1.22. The Morgan fingerprint density at radius 1 is 1.30 bits per heavy atom. The van der Waals surface area contributed by atoms with Gasteiger partial charge in [-0.1, -0.05) is 12.1 Å². The largest absolute Gasteiger partial charge is 0.417 e. The van der Waals surface area contributed by atoms with Crippen LogP contribution in [0.3, 0.4) is 0 Å². The van der Waals surface area contributed by atoms with Gasteiger partial charge in [-0.3, -0.25) is 4.79 Å². The number of benzene rings is 1. The summed E-state index contributed by atoms with van der Waals surface area (Å²) >= 11 is 5.59. The maximum Gasteiger partial charge on any atom is 0.417 e. The van der Waals surface area contributed by atoms with E-state index in [0.29, 0.717) is 18.8 Å². The predicted octanol–water partition coefficient (Wildman–Crippen LogP) is 4.18. The Morgan fingerprint density at radius 3 is 2.40 bits per heavy atom. The van der Waals surface area contributed by atoms with E-state index in [0.717, 1.165) is 6.07 Å². The molecule has 0 spiro atoms. The van der Waals surface area contributed by atoms with Crippen LogP contribution in [0.4, 0.5) is 13.2 Å². The lowest BCUT2D eigenvalue weighted by Gasteiger charge is -2.27. The first kappa shape index (κ1) is 16.8. The van der Waals surface area contributed by atoms with Gasteiger partial charge in [0.15, 0.2) is 0 Å². The molecule has 1 rings (SSSR count). The second-order valence-electron chi connectivity index (χ2n) is 4.68. The van der Waals surface area contributed by atoms with Crippen LogP contribution in [-0.4, -0.2) is 29.3 Å². The average Bonchev–Trinajstić information content (AvgIpc) is 2.37. The highest BCUT2D eigenvalue weighted by molar-refractivity contribution is 6.17. The van der Waals surface area contributed by atoms with Crippen LogP contribution < -0.4 is 0 Å². The third kappa shape index (κ3) is 4.13. The molecule has 112 valence electrons. The second-order valence-corrected chi connectivity index (χ2v) is 5.06. The Balaban J connectivity index is 3.12. The summed E-state index contributed by atoms with van der Waals surface area (Å²) in [5.74, 6) is -0.254. The van der Waals surface area contributed by atoms with E-state index in [2.05, 4.69) is 0 Å². The second kappa shape index (κ2) is 6.97. The molecule has 0 atom stereocenters. The third-order valence-electron chi connectivity index (χ3n) is 2.88. The first-order valence-corrected chi connectivity index (χ1v) is 6.85. The Bertz CT molecular complexity index is 460. The zero-order valence-corrected chi connectivity index (χ0v) is 12.1. The summed E-state index contributed by atoms with van der Waals surface area (Å²) in [6, 6.07) is 4.65. The summed E-state index contributed by atoms with van der Waals surface area (Å²) in [7, 11) is 0.